The van der Waals surface area contributed by atoms with E-state index in [-0.39, 0.29) is 0 Å². The first kappa shape index (κ1) is 34.5. The summed E-state index contributed by atoms with van der Waals surface area (Å²) in [5, 5.41) is 4.96. The van der Waals surface area contributed by atoms with Crippen molar-refractivity contribution in [3.05, 3.63) is 212 Å². The highest BCUT2D eigenvalue weighted by atomic mass is 15.1. The van der Waals surface area contributed by atoms with Crippen LogP contribution in [0.5, 0.6) is 0 Å². The second-order valence-corrected chi connectivity index (χ2v) is 15.4. The van der Waals surface area contributed by atoms with Gasteiger partial charge >= 0.3 is 0 Å². The van der Waals surface area contributed by atoms with E-state index in [0.717, 1.165) is 50.7 Å². The van der Waals surface area contributed by atoms with Gasteiger partial charge < -0.3 is 14.0 Å². The van der Waals surface area contributed by atoms with Gasteiger partial charge in [0.2, 0.25) is 0 Å². The molecule has 0 bridgehead atoms. The molecule has 11 aromatic rings. The third kappa shape index (κ3) is 5.94. The molecule has 7 aromatic carbocycles. The molecule has 0 unspecified atom stereocenters. The first-order chi connectivity index (χ1) is 29.1. The number of pyridine rings is 2. The van der Waals surface area contributed by atoms with E-state index in [1.54, 1.807) is 0 Å². The summed E-state index contributed by atoms with van der Waals surface area (Å²) >= 11 is 0. The third-order valence-corrected chi connectivity index (χ3v) is 11.6. The van der Waals surface area contributed by atoms with Crippen LogP contribution in [0.4, 0.5) is 17.1 Å². The summed E-state index contributed by atoms with van der Waals surface area (Å²) in [6.45, 7) is 4.36. The Morgan fingerprint density at radius 2 is 0.729 bits per heavy atom. The maximum absolute atomic E-state index is 4.25. The van der Waals surface area contributed by atoms with Crippen molar-refractivity contribution in [3.8, 4) is 33.6 Å². The Labute approximate surface area is 342 Å². The summed E-state index contributed by atoms with van der Waals surface area (Å²) in [7, 11) is 0. The van der Waals surface area contributed by atoms with Gasteiger partial charge in [-0.2, -0.15) is 0 Å². The van der Waals surface area contributed by atoms with E-state index in [1.165, 1.54) is 54.7 Å². The van der Waals surface area contributed by atoms with Gasteiger partial charge in [0.1, 0.15) is 0 Å². The van der Waals surface area contributed by atoms with Crippen LogP contribution in [0.2, 0.25) is 0 Å². The molecule has 0 spiro atoms. The van der Waals surface area contributed by atoms with Crippen molar-refractivity contribution in [2.24, 2.45) is 0 Å². The molecule has 5 heteroatoms. The lowest BCUT2D eigenvalue weighted by Crippen LogP contribution is -2.12. The number of rotatable bonds is 7. The number of hydrogen-bond acceptors (Lipinski definition) is 3. The molecule has 0 aliphatic heterocycles. The zero-order valence-corrected chi connectivity index (χ0v) is 32.8. The van der Waals surface area contributed by atoms with Gasteiger partial charge in [-0.3, -0.25) is 9.97 Å². The number of anilines is 3. The number of aryl methyl sites for hydroxylation is 2. The highest BCUT2D eigenvalue weighted by molar-refractivity contribution is 6.11. The summed E-state index contributed by atoms with van der Waals surface area (Å²) in [4.78, 5) is 10.9. The number of benzene rings is 7. The minimum Gasteiger partial charge on any atom is -0.310 e. The van der Waals surface area contributed by atoms with Crippen molar-refractivity contribution in [1.82, 2.24) is 19.1 Å². The lowest BCUT2D eigenvalue weighted by molar-refractivity contribution is 1.12. The molecular formula is C54H39N5. The lowest BCUT2D eigenvalue weighted by atomic mass is 10.0. The number of hydrogen-bond donors (Lipinski definition) is 0. The normalized spacial score (nSPS) is 11.6. The van der Waals surface area contributed by atoms with Gasteiger partial charge in [0.25, 0.3) is 0 Å². The van der Waals surface area contributed by atoms with E-state index in [4.69, 9.17) is 0 Å². The molecule has 11 rings (SSSR count). The zero-order valence-electron chi connectivity index (χ0n) is 32.8. The Hall–Kier alpha value is -7.76. The molecule has 0 radical (unpaired) electrons. The van der Waals surface area contributed by atoms with Gasteiger partial charge in [-0.05, 0) is 139 Å². The summed E-state index contributed by atoms with van der Waals surface area (Å²) in [6, 6.07) is 64.2. The maximum atomic E-state index is 4.25. The molecule has 0 atom stereocenters. The quantitative estimate of drug-likeness (QED) is 0.162. The number of aromatic nitrogens is 4. The van der Waals surface area contributed by atoms with Gasteiger partial charge in [-0.1, -0.05) is 83.9 Å². The first-order valence-corrected chi connectivity index (χ1v) is 20.0. The monoisotopic (exact) mass is 757 g/mol. The molecule has 0 N–H and O–H groups in total. The lowest BCUT2D eigenvalue weighted by Gasteiger charge is -2.28. The van der Waals surface area contributed by atoms with Gasteiger partial charge in [0.05, 0.1) is 39.1 Å². The average Bonchev–Trinajstić information content (AvgIpc) is 3.79. The SMILES string of the molecule is Cc1ccc2c(c1)c1cc(C)ccc1n2-c1cc(N(c2ccc(-c3ccncc3)cc2)c2ccc(-c3ccncc3)cc2)cc(-n2c3ccccc3c3ccccc32)c1. The van der Waals surface area contributed by atoms with E-state index in [9.17, 15) is 0 Å². The van der Waals surface area contributed by atoms with Crippen LogP contribution in [-0.2, 0) is 0 Å². The Morgan fingerprint density at radius 3 is 1.17 bits per heavy atom. The van der Waals surface area contributed by atoms with Crippen LogP contribution in [0.15, 0.2) is 201 Å². The third-order valence-electron chi connectivity index (χ3n) is 11.6. The fraction of sp³-hybridized carbons (Fsp3) is 0.0370. The van der Waals surface area contributed by atoms with Crippen molar-refractivity contribution in [3.63, 3.8) is 0 Å². The van der Waals surface area contributed by atoms with Crippen molar-refractivity contribution < 1.29 is 0 Å². The Bertz CT molecular complexity index is 3130. The highest BCUT2D eigenvalue weighted by Gasteiger charge is 2.21. The van der Waals surface area contributed by atoms with Gasteiger partial charge in [-0.25, -0.2) is 0 Å². The molecule has 0 amide bonds. The van der Waals surface area contributed by atoms with Crippen molar-refractivity contribution in [1.29, 1.82) is 0 Å². The van der Waals surface area contributed by atoms with Crippen molar-refractivity contribution in [2.75, 3.05) is 4.90 Å². The molecule has 59 heavy (non-hydrogen) atoms. The highest BCUT2D eigenvalue weighted by Crippen LogP contribution is 2.42. The molecule has 0 saturated carbocycles. The van der Waals surface area contributed by atoms with E-state index in [2.05, 4.69) is 214 Å². The van der Waals surface area contributed by atoms with Crippen molar-refractivity contribution >= 4 is 60.7 Å². The van der Waals surface area contributed by atoms with E-state index >= 15 is 0 Å². The van der Waals surface area contributed by atoms with Crippen LogP contribution in [0.1, 0.15) is 11.1 Å². The van der Waals surface area contributed by atoms with Gasteiger partial charge in [0.15, 0.2) is 0 Å². The minimum absolute atomic E-state index is 1.04. The van der Waals surface area contributed by atoms with Crippen LogP contribution in [0.3, 0.4) is 0 Å². The fourth-order valence-electron chi connectivity index (χ4n) is 8.84. The van der Waals surface area contributed by atoms with Crippen LogP contribution >= 0.6 is 0 Å². The topological polar surface area (TPSA) is 38.9 Å². The molecule has 4 aromatic heterocycles. The fourth-order valence-corrected chi connectivity index (χ4v) is 8.84. The van der Waals surface area contributed by atoms with Crippen LogP contribution in [-0.4, -0.2) is 19.1 Å². The van der Waals surface area contributed by atoms with E-state index in [0.29, 0.717) is 0 Å². The Kier molecular flexibility index (Phi) is 8.19. The largest absolute Gasteiger partial charge is 0.310 e. The molecule has 0 fully saturated rings. The number of para-hydroxylation sites is 2. The number of nitrogens with zero attached hydrogens (tertiary/aromatic N) is 5. The predicted octanol–water partition coefficient (Wildman–Crippen LogP) is 14.1. The Morgan fingerprint density at radius 1 is 0.339 bits per heavy atom. The van der Waals surface area contributed by atoms with Crippen LogP contribution in [0.25, 0.3) is 77.2 Å². The zero-order chi connectivity index (χ0) is 39.5. The smallest absolute Gasteiger partial charge is 0.0541 e. The van der Waals surface area contributed by atoms with Crippen LogP contribution in [0, 0.1) is 13.8 Å². The van der Waals surface area contributed by atoms with Gasteiger partial charge in [-0.15, -0.1) is 0 Å². The maximum Gasteiger partial charge on any atom is 0.0541 e. The summed E-state index contributed by atoms with van der Waals surface area (Å²) in [6.07, 6.45) is 7.38. The molecular weight excluding hydrogens is 719 g/mol. The van der Waals surface area contributed by atoms with Crippen molar-refractivity contribution in [2.45, 2.75) is 13.8 Å². The van der Waals surface area contributed by atoms with Gasteiger partial charge in [0, 0.05) is 57.7 Å². The standard InChI is InChI=1S/C54H39N5/c1-36-11-21-53-49(31-36)50-32-37(2)12-22-54(50)59(53)46-34-44(33-45(35-46)58-51-9-5-3-7-47(51)48-8-4-6-10-52(48)58)57(42-17-13-38(14-18-42)40-23-27-55-28-24-40)43-19-15-39(16-20-43)41-25-29-56-30-26-41/h3-35H,1-2H3. The van der Waals surface area contributed by atoms with E-state index < -0.39 is 0 Å². The molecule has 5 nitrogen and oxygen atoms in total. The molecule has 0 saturated heterocycles. The van der Waals surface area contributed by atoms with Crippen LogP contribution < -0.4 is 4.90 Å². The minimum atomic E-state index is 1.04. The number of fused-ring (bicyclic) bond motifs is 6. The first-order valence-electron chi connectivity index (χ1n) is 20.0. The summed E-state index contributed by atoms with van der Waals surface area (Å²) < 4.78 is 4.87. The second-order valence-electron chi connectivity index (χ2n) is 15.4. The average molecular weight is 758 g/mol. The van der Waals surface area contributed by atoms with E-state index in [1.807, 2.05) is 24.8 Å². The molecule has 4 heterocycles. The molecule has 280 valence electrons. The summed E-state index contributed by atoms with van der Waals surface area (Å²) in [5.74, 6) is 0. The molecule has 0 aliphatic carbocycles. The second kappa shape index (κ2) is 14.0. The summed E-state index contributed by atoms with van der Waals surface area (Å²) in [5.41, 5.74) is 17.0. The Balaban J connectivity index is 1.20. The predicted molar refractivity (Wildman–Crippen MR) is 246 cm³/mol. The molecule has 0 aliphatic rings.